The minimum atomic E-state index is -3.67. The number of rotatable bonds is 7. The average Bonchev–Trinajstić information content (AvgIpc) is 2.93. The van der Waals surface area contributed by atoms with Crippen LogP contribution in [0.2, 0.25) is 0 Å². The Morgan fingerprint density at radius 3 is 2.36 bits per heavy atom. The molecule has 2 saturated heterocycles. The Bertz CT molecular complexity index is 1280. The fourth-order valence-electron chi connectivity index (χ4n) is 5.13. The van der Waals surface area contributed by atoms with E-state index in [1.54, 1.807) is 24.4 Å². The number of piperazine rings is 1. The van der Waals surface area contributed by atoms with E-state index in [-0.39, 0.29) is 16.7 Å². The summed E-state index contributed by atoms with van der Waals surface area (Å²) in [5, 5.41) is 3.88. The topological polar surface area (TPSA) is 85.9 Å². The summed E-state index contributed by atoms with van der Waals surface area (Å²) in [6.07, 6.45) is 2.67. The Kier molecular flexibility index (Phi) is 7.50. The van der Waals surface area contributed by atoms with Gasteiger partial charge in [-0.05, 0) is 37.1 Å². The zero-order valence-corrected chi connectivity index (χ0v) is 21.2. The van der Waals surface area contributed by atoms with E-state index in [4.69, 9.17) is 0 Å². The van der Waals surface area contributed by atoms with Crippen LogP contribution in [0.4, 0.5) is 5.69 Å². The number of pyridine rings is 1. The van der Waals surface area contributed by atoms with Crippen molar-refractivity contribution in [2.24, 2.45) is 5.92 Å². The van der Waals surface area contributed by atoms with Crippen molar-refractivity contribution in [2.75, 3.05) is 57.3 Å². The van der Waals surface area contributed by atoms with Gasteiger partial charge in [0.05, 0.1) is 5.52 Å². The van der Waals surface area contributed by atoms with E-state index in [0.717, 1.165) is 38.1 Å². The zero-order valence-electron chi connectivity index (χ0n) is 20.4. The largest absolute Gasteiger partial charge is 0.369 e. The van der Waals surface area contributed by atoms with E-state index in [1.807, 2.05) is 18.2 Å². The number of hydrogen-bond acceptors (Lipinski definition) is 6. The molecule has 8 nitrogen and oxygen atoms in total. The molecule has 2 fully saturated rings. The predicted octanol–water partition coefficient (Wildman–Crippen LogP) is 2.57. The number of aromatic nitrogens is 1. The molecule has 1 aromatic heterocycles. The molecular weight excluding hydrogens is 474 g/mol. The van der Waals surface area contributed by atoms with Crippen LogP contribution in [-0.2, 0) is 14.8 Å². The number of carbonyl (C=O) groups excluding carboxylic acids is 1. The van der Waals surface area contributed by atoms with Gasteiger partial charge < -0.3 is 10.2 Å². The molecule has 0 unspecified atom stereocenters. The lowest BCUT2D eigenvalue weighted by molar-refractivity contribution is -0.126. The zero-order chi connectivity index (χ0) is 25.0. The molecule has 3 aromatic rings. The number of hydrogen-bond donors (Lipinski definition) is 1. The maximum atomic E-state index is 13.3. The molecule has 2 aliphatic heterocycles. The third kappa shape index (κ3) is 5.38. The molecule has 5 rings (SSSR count). The highest BCUT2D eigenvalue weighted by Crippen LogP contribution is 2.28. The molecule has 0 bridgehead atoms. The van der Waals surface area contributed by atoms with Gasteiger partial charge in [-0.3, -0.25) is 14.7 Å². The van der Waals surface area contributed by atoms with Crippen LogP contribution in [0.5, 0.6) is 0 Å². The lowest BCUT2D eigenvalue weighted by Crippen LogP contribution is -2.49. The van der Waals surface area contributed by atoms with E-state index < -0.39 is 10.0 Å². The minimum absolute atomic E-state index is 0.0294. The highest BCUT2D eigenvalue weighted by Gasteiger charge is 2.33. The molecule has 36 heavy (non-hydrogen) atoms. The first-order valence-corrected chi connectivity index (χ1v) is 14.1. The van der Waals surface area contributed by atoms with Gasteiger partial charge >= 0.3 is 0 Å². The molecule has 2 aromatic carbocycles. The van der Waals surface area contributed by atoms with Crippen LogP contribution in [-0.4, -0.2) is 80.9 Å². The maximum absolute atomic E-state index is 13.3. The van der Waals surface area contributed by atoms with Gasteiger partial charge in [-0.25, -0.2) is 8.42 Å². The Hall–Kier alpha value is -3.01. The molecule has 3 heterocycles. The molecule has 0 atom stereocenters. The number of sulfonamides is 1. The van der Waals surface area contributed by atoms with Crippen molar-refractivity contribution in [1.82, 2.24) is 19.5 Å². The average molecular weight is 508 g/mol. The number of amides is 1. The molecule has 0 spiro atoms. The lowest BCUT2D eigenvalue weighted by Gasteiger charge is -2.36. The van der Waals surface area contributed by atoms with Crippen molar-refractivity contribution in [2.45, 2.75) is 17.7 Å². The van der Waals surface area contributed by atoms with Crippen LogP contribution in [0.1, 0.15) is 12.8 Å². The second kappa shape index (κ2) is 10.9. The summed E-state index contributed by atoms with van der Waals surface area (Å²) in [6, 6.07) is 19.3. The highest BCUT2D eigenvalue weighted by atomic mass is 32.2. The quantitative estimate of drug-likeness (QED) is 0.529. The SMILES string of the molecule is O=C(NCCN1CCN(c2ccccc2)CC1)C1CCN(S(=O)(=O)c2cccc3cccnc23)CC1. The lowest BCUT2D eigenvalue weighted by atomic mass is 9.97. The van der Waals surface area contributed by atoms with Gasteiger partial charge in [-0.1, -0.05) is 36.4 Å². The number of nitrogens with one attached hydrogen (secondary N) is 1. The monoisotopic (exact) mass is 507 g/mol. The number of anilines is 1. The Labute approximate surface area is 213 Å². The normalized spacial score (nSPS) is 18.4. The first-order valence-electron chi connectivity index (χ1n) is 12.7. The fourth-order valence-corrected chi connectivity index (χ4v) is 6.77. The van der Waals surface area contributed by atoms with Gasteiger partial charge in [0.2, 0.25) is 15.9 Å². The molecule has 0 aliphatic carbocycles. The second-order valence-electron chi connectivity index (χ2n) is 9.46. The number of fused-ring (bicyclic) bond motifs is 1. The Morgan fingerprint density at radius 2 is 1.61 bits per heavy atom. The van der Waals surface area contributed by atoms with Crippen LogP contribution in [0.25, 0.3) is 10.9 Å². The maximum Gasteiger partial charge on any atom is 0.245 e. The number of piperidine rings is 1. The van der Waals surface area contributed by atoms with E-state index in [1.165, 1.54) is 9.99 Å². The smallest absolute Gasteiger partial charge is 0.245 e. The van der Waals surface area contributed by atoms with Crippen molar-refractivity contribution in [3.05, 3.63) is 66.9 Å². The van der Waals surface area contributed by atoms with E-state index in [2.05, 4.69) is 44.4 Å². The Balaban J connectivity index is 1.07. The van der Waals surface area contributed by atoms with E-state index in [0.29, 0.717) is 38.0 Å². The summed E-state index contributed by atoms with van der Waals surface area (Å²) >= 11 is 0. The predicted molar refractivity (Wildman–Crippen MR) is 141 cm³/mol. The van der Waals surface area contributed by atoms with Crippen LogP contribution < -0.4 is 10.2 Å². The molecule has 190 valence electrons. The van der Waals surface area contributed by atoms with Crippen molar-refractivity contribution in [1.29, 1.82) is 0 Å². The fraction of sp³-hybridized carbons (Fsp3) is 0.407. The third-order valence-electron chi connectivity index (χ3n) is 7.26. The van der Waals surface area contributed by atoms with Gasteiger partial charge in [0.1, 0.15) is 4.90 Å². The second-order valence-corrected chi connectivity index (χ2v) is 11.4. The van der Waals surface area contributed by atoms with Crippen LogP contribution in [0.3, 0.4) is 0 Å². The molecule has 2 aliphatic rings. The number of nitrogens with zero attached hydrogens (tertiary/aromatic N) is 4. The van der Waals surface area contributed by atoms with Crippen molar-refractivity contribution >= 4 is 32.5 Å². The van der Waals surface area contributed by atoms with Crippen molar-refractivity contribution in [3.63, 3.8) is 0 Å². The number of benzene rings is 2. The van der Waals surface area contributed by atoms with Gasteiger partial charge in [0, 0.05) is 75.5 Å². The van der Waals surface area contributed by atoms with Gasteiger partial charge in [-0.15, -0.1) is 0 Å². The number of para-hydroxylation sites is 2. The summed E-state index contributed by atoms with van der Waals surface area (Å²) in [4.78, 5) is 22.1. The Morgan fingerprint density at radius 1 is 0.889 bits per heavy atom. The summed E-state index contributed by atoms with van der Waals surface area (Å²) in [6.45, 7) is 6.04. The highest BCUT2D eigenvalue weighted by molar-refractivity contribution is 7.89. The molecule has 0 radical (unpaired) electrons. The molecule has 1 amide bonds. The number of carbonyl (C=O) groups is 1. The first-order chi connectivity index (χ1) is 17.5. The molecule has 9 heteroatoms. The summed E-state index contributed by atoms with van der Waals surface area (Å²) in [5.74, 6) is -0.126. The minimum Gasteiger partial charge on any atom is -0.369 e. The summed E-state index contributed by atoms with van der Waals surface area (Å²) in [5.41, 5.74) is 1.75. The van der Waals surface area contributed by atoms with E-state index in [9.17, 15) is 13.2 Å². The third-order valence-corrected chi connectivity index (χ3v) is 9.19. The van der Waals surface area contributed by atoms with Gasteiger partial charge in [-0.2, -0.15) is 4.31 Å². The van der Waals surface area contributed by atoms with Gasteiger partial charge in [0.15, 0.2) is 0 Å². The van der Waals surface area contributed by atoms with Gasteiger partial charge in [0.25, 0.3) is 0 Å². The van der Waals surface area contributed by atoms with Crippen LogP contribution in [0.15, 0.2) is 71.8 Å². The van der Waals surface area contributed by atoms with Crippen LogP contribution >= 0.6 is 0 Å². The summed E-state index contributed by atoms with van der Waals surface area (Å²) in [7, 11) is -3.67. The molecule has 0 saturated carbocycles. The van der Waals surface area contributed by atoms with Crippen molar-refractivity contribution in [3.8, 4) is 0 Å². The first kappa shape index (κ1) is 24.7. The van der Waals surface area contributed by atoms with E-state index >= 15 is 0 Å². The molecular formula is C27H33N5O3S. The van der Waals surface area contributed by atoms with Crippen molar-refractivity contribution < 1.29 is 13.2 Å². The van der Waals surface area contributed by atoms with Crippen LogP contribution in [0, 0.1) is 5.92 Å². The summed E-state index contributed by atoms with van der Waals surface area (Å²) < 4.78 is 28.1. The molecule has 1 N–H and O–H groups in total. The standard InChI is InChI=1S/C27H33N5O3S/c33-27(29-14-17-30-18-20-31(21-19-30)24-8-2-1-3-9-24)23-11-15-32(16-12-23)36(34,35)25-10-4-6-22-7-5-13-28-26(22)25/h1-10,13,23H,11-12,14-21H2,(H,29,33).